The van der Waals surface area contributed by atoms with Crippen molar-refractivity contribution in [2.75, 3.05) is 10.6 Å². The molecule has 4 rings (SSSR count). The Balaban J connectivity index is 1.43. The largest absolute Gasteiger partial charge is 0.573 e. The second kappa shape index (κ2) is 10.1. The second-order valence-corrected chi connectivity index (χ2v) is 7.46. The van der Waals surface area contributed by atoms with Crippen LogP contribution in [0.4, 0.5) is 30.4 Å². The Morgan fingerprint density at radius 1 is 0.833 bits per heavy atom. The van der Waals surface area contributed by atoms with Crippen LogP contribution >= 0.6 is 0 Å². The maximum atomic E-state index is 12.6. The van der Waals surface area contributed by atoms with Crippen LogP contribution in [0.2, 0.25) is 0 Å². The number of primary amides is 1. The molecule has 4 aromatic rings. The molecular formula is C25H18F3N5O3. The van der Waals surface area contributed by atoms with Crippen LogP contribution in [-0.4, -0.2) is 28.1 Å². The van der Waals surface area contributed by atoms with Crippen molar-refractivity contribution in [2.24, 2.45) is 5.73 Å². The first kappa shape index (κ1) is 24.2. The zero-order valence-corrected chi connectivity index (χ0v) is 18.4. The molecule has 182 valence electrons. The van der Waals surface area contributed by atoms with Crippen LogP contribution in [0.15, 0.2) is 85.2 Å². The topological polar surface area (TPSA) is 119 Å². The maximum absolute atomic E-state index is 12.6. The Bertz CT molecular complexity index is 1390. The van der Waals surface area contributed by atoms with Crippen molar-refractivity contribution in [3.63, 3.8) is 0 Å². The van der Waals surface area contributed by atoms with E-state index in [1.54, 1.807) is 48.5 Å². The van der Waals surface area contributed by atoms with Crippen LogP contribution in [0.3, 0.4) is 0 Å². The molecule has 1 heterocycles. The van der Waals surface area contributed by atoms with Crippen molar-refractivity contribution in [1.29, 1.82) is 0 Å². The first-order chi connectivity index (χ1) is 17.2. The minimum absolute atomic E-state index is 0.280. The maximum Gasteiger partial charge on any atom is 0.573 e. The van der Waals surface area contributed by atoms with Gasteiger partial charge in [0.1, 0.15) is 17.9 Å². The third kappa shape index (κ3) is 6.35. The number of alkyl halides is 3. The molecule has 0 radical (unpaired) electrons. The van der Waals surface area contributed by atoms with Crippen molar-refractivity contribution < 1.29 is 27.5 Å². The lowest BCUT2D eigenvalue weighted by atomic mass is 10.1. The third-order valence-electron chi connectivity index (χ3n) is 4.88. The Morgan fingerprint density at radius 3 is 2.22 bits per heavy atom. The molecule has 0 unspecified atom stereocenters. The molecule has 0 aliphatic rings. The lowest BCUT2D eigenvalue weighted by Crippen LogP contribution is -2.16. The summed E-state index contributed by atoms with van der Waals surface area (Å²) in [7, 11) is 0. The van der Waals surface area contributed by atoms with Gasteiger partial charge >= 0.3 is 6.36 Å². The first-order valence-electron chi connectivity index (χ1n) is 10.4. The van der Waals surface area contributed by atoms with E-state index in [2.05, 4.69) is 25.3 Å². The Labute approximate surface area is 203 Å². The molecule has 36 heavy (non-hydrogen) atoms. The van der Waals surface area contributed by atoms with Gasteiger partial charge in [-0.3, -0.25) is 9.59 Å². The van der Waals surface area contributed by atoms with Gasteiger partial charge in [-0.25, -0.2) is 9.97 Å². The van der Waals surface area contributed by atoms with E-state index in [0.717, 1.165) is 0 Å². The summed E-state index contributed by atoms with van der Waals surface area (Å²) in [4.78, 5) is 32.2. The molecule has 0 saturated heterocycles. The van der Waals surface area contributed by atoms with E-state index in [9.17, 15) is 22.8 Å². The van der Waals surface area contributed by atoms with E-state index in [0.29, 0.717) is 34.0 Å². The first-order valence-corrected chi connectivity index (χ1v) is 10.4. The molecule has 0 bridgehead atoms. The Morgan fingerprint density at radius 2 is 1.56 bits per heavy atom. The highest BCUT2D eigenvalue weighted by atomic mass is 19.4. The Kier molecular flexibility index (Phi) is 6.81. The molecule has 0 spiro atoms. The number of carbonyl (C=O) groups is 2. The fourth-order valence-corrected chi connectivity index (χ4v) is 3.22. The van der Waals surface area contributed by atoms with E-state index in [1.807, 2.05) is 0 Å². The molecule has 4 N–H and O–H groups in total. The fourth-order valence-electron chi connectivity index (χ4n) is 3.22. The summed E-state index contributed by atoms with van der Waals surface area (Å²) in [5.41, 5.74) is 8.14. The van der Waals surface area contributed by atoms with Crippen LogP contribution in [0, 0.1) is 0 Å². The number of nitrogens with zero attached hydrogens (tertiary/aromatic N) is 2. The summed E-state index contributed by atoms with van der Waals surface area (Å²) in [6, 6.07) is 19.8. The van der Waals surface area contributed by atoms with Gasteiger partial charge in [-0.05, 0) is 54.6 Å². The number of ether oxygens (including phenoxy) is 1. The van der Waals surface area contributed by atoms with Crippen molar-refractivity contribution in [1.82, 2.24) is 9.97 Å². The smallest absolute Gasteiger partial charge is 0.406 e. The molecule has 0 atom stereocenters. The van der Waals surface area contributed by atoms with Crippen LogP contribution < -0.4 is 21.1 Å². The van der Waals surface area contributed by atoms with Crippen LogP contribution in [0.5, 0.6) is 5.75 Å². The van der Waals surface area contributed by atoms with Gasteiger partial charge in [0.05, 0.1) is 5.69 Å². The molecular weight excluding hydrogens is 475 g/mol. The standard InChI is InChI=1S/C25H18F3N5O3/c26-25(27,28)36-20-10-8-18(9-11-20)32-22-13-21(30-14-31-22)15-4-6-16(7-5-15)24(35)33-19-3-1-2-17(12-19)23(29)34/h1-14H,(H2,29,34)(H,33,35)(H,30,31,32). The van der Waals surface area contributed by atoms with Gasteiger partial charge in [-0.1, -0.05) is 18.2 Å². The number of rotatable bonds is 7. The number of aromatic nitrogens is 2. The number of carbonyl (C=O) groups excluding carboxylic acids is 2. The van der Waals surface area contributed by atoms with Crippen molar-refractivity contribution in [3.05, 3.63) is 96.3 Å². The highest BCUT2D eigenvalue weighted by Gasteiger charge is 2.30. The van der Waals surface area contributed by atoms with Gasteiger partial charge in [0.25, 0.3) is 5.91 Å². The van der Waals surface area contributed by atoms with Gasteiger partial charge in [-0.2, -0.15) is 0 Å². The predicted octanol–water partition coefficient (Wildman–Crippen LogP) is 5.14. The molecule has 2 amide bonds. The molecule has 0 saturated carbocycles. The van der Waals surface area contributed by atoms with Crippen LogP contribution in [0.25, 0.3) is 11.3 Å². The quantitative estimate of drug-likeness (QED) is 0.328. The molecule has 0 aliphatic carbocycles. The minimum Gasteiger partial charge on any atom is -0.406 e. The van der Waals surface area contributed by atoms with Gasteiger partial charge in [0.15, 0.2) is 0 Å². The zero-order valence-electron chi connectivity index (χ0n) is 18.4. The summed E-state index contributed by atoms with van der Waals surface area (Å²) >= 11 is 0. The van der Waals surface area contributed by atoms with Crippen molar-refractivity contribution >= 4 is 29.0 Å². The highest BCUT2D eigenvalue weighted by molar-refractivity contribution is 6.05. The van der Waals surface area contributed by atoms with Gasteiger partial charge in [0.2, 0.25) is 5.91 Å². The number of halogens is 3. The fraction of sp³-hybridized carbons (Fsp3) is 0.0400. The number of benzene rings is 3. The summed E-state index contributed by atoms with van der Waals surface area (Å²) in [6.45, 7) is 0. The summed E-state index contributed by atoms with van der Waals surface area (Å²) in [6.07, 6.45) is -3.42. The van der Waals surface area contributed by atoms with Crippen LogP contribution in [-0.2, 0) is 0 Å². The second-order valence-electron chi connectivity index (χ2n) is 7.46. The van der Waals surface area contributed by atoms with E-state index in [1.165, 1.54) is 36.7 Å². The van der Waals surface area contributed by atoms with Crippen molar-refractivity contribution in [3.8, 4) is 17.0 Å². The minimum atomic E-state index is -4.76. The Hall–Kier alpha value is -4.93. The van der Waals surface area contributed by atoms with Gasteiger partial charge < -0.3 is 21.1 Å². The number of hydrogen-bond donors (Lipinski definition) is 3. The number of nitrogens with two attached hydrogens (primary N) is 1. The number of anilines is 3. The molecule has 11 heteroatoms. The average Bonchev–Trinajstić information content (AvgIpc) is 2.85. The SMILES string of the molecule is NC(=O)c1cccc(NC(=O)c2ccc(-c3cc(Nc4ccc(OC(F)(F)F)cc4)ncn3)cc2)c1. The molecule has 8 nitrogen and oxygen atoms in total. The van der Waals surface area contributed by atoms with Crippen molar-refractivity contribution in [2.45, 2.75) is 6.36 Å². The average molecular weight is 493 g/mol. The molecule has 0 aliphatic heterocycles. The summed E-state index contributed by atoms with van der Waals surface area (Å²) in [5.74, 6) is -0.880. The van der Waals surface area contributed by atoms with E-state index < -0.39 is 12.3 Å². The molecule has 3 aromatic carbocycles. The molecule has 1 aromatic heterocycles. The lowest BCUT2D eigenvalue weighted by molar-refractivity contribution is -0.274. The van der Waals surface area contributed by atoms with E-state index in [4.69, 9.17) is 5.73 Å². The van der Waals surface area contributed by atoms with Gasteiger partial charge in [-0.15, -0.1) is 13.2 Å². The third-order valence-corrected chi connectivity index (χ3v) is 4.88. The number of hydrogen-bond acceptors (Lipinski definition) is 6. The van der Waals surface area contributed by atoms with Crippen LogP contribution in [0.1, 0.15) is 20.7 Å². The zero-order chi connectivity index (χ0) is 25.7. The summed E-state index contributed by atoms with van der Waals surface area (Å²) in [5, 5.41) is 5.70. The lowest BCUT2D eigenvalue weighted by Gasteiger charge is -2.11. The number of nitrogens with one attached hydrogen (secondary N) is 2. The summed E-state index contributed by atoms with van der Waals surface area (Å²) < 4.78 is 40.8. The number of amides is 2. The monoisotopic (exact) mass is 493 g/mol. The van der Waals surface area contributed by atoms with E-state index in [-0.39, 0.29) is 17.2 Å². The molecule has 0 fully saturated rings. The van der Waals surface area contributed by atoms with E-state index >= 15 is 0 Å². The van der Waals surface area contributed by atoms with Gasteiger partial charge in [0, 0.05) is 34.1 Å². The normalized spacial score (nSPS) is 11.0. The highest BCUT2D eigenvalue weighted by Crippen LogP contribution is 2.26. The predicted molar refractivity (Wildman–Crippen MR) is 127 cm³/mol.